The Morgan fingerprint density at radius 2 is 2.36 bits per heavy atom. The van der Waals surface area contributed by atoms with Gasteiger partial charge >= 0.3 is 6.09 Å². The Balaban J connectivity index is 1.96. The summed E-state index contributed by atoms with van der Waals surface area (Å²) < 4.78 is 5.06. The first-order valence-electron chi connectivity index (χ1n) is 3.84. The lowest BCUT2D eigenvalue weighted by Crippen LogP contribution is -2.27. The van der Waals surface area contributed by atoms with Crippen molar-refractivity contribution in [3.8, 4) is 0 Å². The van der Waals surface area contributed by atoms with Gasteiger partial charge in [-0.3, -0.25) is 0 Å². The fraction of sp³-hybridized carbons (Fsp3) is 0.857. The van der Waals surface area contributed by atoms with Gasteiger partial charge in [0.2, 0.25) is 0 Å². The number of hydrogen-bond acceptors (Lipinski definition) is 2. The number of nitrogens with zero attached hydrogens (tertiary/aromatic N) is 1. The van der Waals surface area contributed by atoms with Crippen LogP contribution in [0.25, 0.3) is 0 Å². The van der Waals surface area contributed by atoms with E-state index in [2.05, 4.69) is 15.9 Å². The number of carbonyl (C=O) groups is 1. The summed E-state index contributed by atoms with van der Waals surface area (Å²) in [4.78, 5) is 12.9. The first-order chi connectivity index (χ1) is 5.31. The first-order valence-corrected chi connectivity index (χ1v) is 4.96. The smallest absolute Gasteiger partial charge is 0.410 e. The highest BCUT2D eigenvalue weighted by Gasteiger charge is 2.40. The zero-order valence-corrected chi connectivity index (χ0v) is 7.71. The molecule has 0 spiro atoms. The topological polar surface area (TPSA) is 29.5 Å². The minimum Gasteiger partial charge on any atom is -0.443 e. The highest BCUT2D eigenvalue weighted by molar-refractivity contribution is 9.09. The predicted octanol–water partition coefficient (Wildman–Crippen LogP) is 1.36. The Morgan fingerprint density at radius 3 is 2.82 bits per heavy atom. The maximum atomic E-state index is 11.1. The average molecular weight is 220 g/mol. The Kier molecular flexibility index (Phi) is 1.79. The van der Waals surface area contributed by atoms with Crippen LogP contribution in [0.4, 0.5) is 4.79 Å². The third-order valence-electron chi connectivity index (χ3n) is 2.06. The Labute approximate surface area is 73.8 Å². The number of halogens is 1. The molecule has 2 rings (SSSR count). The van der Waals surface area contributed by atoms with Crippen molar-refractivity contribution in [1.82, 2.24) is 4.90 Å². The van der Waals surface area contributed by atoms with Gasteiger partial charge < -0.3 is 9.64 Å². The van der Waals surface area contributed by atoms with Gasteiger partial charge in [-0.2, -0.15) is 0 Å². The van der Waals surface area contributed by atoms with Gasteiger partial charge in [-0.1, -0.05) is 15.9 Å². The zero-order chi connectivity index (χ0) is 7.84. The quantitative estimate of drug-likeness (QED) is 0.657. The van der Waals surface area contributed by atoms with E-state index in [9.17, 15) is 4.79 Å². The summed E-state index contributed by atoms with van der Waals surface area (Å²) >= 11 is 3.30. The molecule has 4 heteroatoms. The molecular formula is C7H10BrNO2. The summed E-state index contributed by atoms with van der Waals surface area (Å²) in [6.07, 6.45) is 2.26. The molecule has 1 unspecified atom stereocenters. The highest BCUT2D eigenvalue weighted by atomic mass is 79.9. The average Bonchev–Trinajstić information content (AvgIpc) is 2.76. The molecule has 0 aromatic carbocycles. The minimum absolute atomic E-state index is 0.0723. The van der Waals surface area contributed by atoms with E-state index in [1.807, 2.05) is 4.90 Å². The molecule has 2 aliphatic rings. The molecule has 11 heavy (non-hydrogen) atoms. The van der Waals surface area contributed by atoms with Crippen LogP contribution in [0.3, 0.4) is 0 Å². The van der Waals surface area contributed by atoms with Gasteiger partial charge in [-0.15, -0.1) is 0 Å². The van der Waals surface area contributed by atoms with Crippen molar-refractivity contribution in [3.05, 3.63) is 0 Å². The Morgan fingerprint density at radius 1 is 1.64 bits per heavy atom. The van der Waals surface area contributed by atoms with Crippen LogP contribution in [0.5, 0.6) is 0 Å². The molecule has 1 amide bonds. The normalized spacial score (nSPS) is 30.8. The van der Waals surface area contributed by atoms with E-state index in [4.69, 9.17) is 4.74 Å². The number of ether oxygens (including phenoxy) is 1. The van der Waals surface area contributed by atoms with Crippen LogP contribution in [0, 0.1) is 0 Å². The van der Waals surface area contributed by atoms with Crippen LogP contribution in [0.15, 0.2) is 0 Å². The molecule has 2 fully saturated rings. The molecular weight excluding hydrogens is 210 g/mol. The van der Waals surface area contributed by atoms with E-state index in [0.717, 1.165) is 24.7 Å². The van der Waals surface area contributed by atoms with Crippen molar-refractivity contribution < 1.29 is 9.53 Å². The number of amides is 1. The maximum Gasteiger partial charge on any atom is 0.410 e. The van der Waals surface area contributed by atoms with Crippen LogP contribution in [0.1, 0.15) is 12.8 Å². The molecule has 62 valence electrons. The number of cyclic esters (lactones) is 1. The van der Waals surface area contributed by atoms with Crippen molar-refractivity contribution in [2.45, 2.75) is 25.0 Å². The molecule has 0 aromatic rings. The Hall–Kier alpha value is -0.250. The Bertz CT molecular complexity index is 181. The summed E-state index contributed by atoms with van der Waals surface area (Å²) in [5, 5.41) is 0.752. The zero-order valence-electron chi connectivity index (χ0n) is 6.12. The van der Waals surface area contributed by atoms with E-state index in [0.29, 0.717) is 6.04 Å². The number of hydrogen-bond donors (Lipinski definition) is 0. The van der Waals surface area contributed by atoms with Gasteiger partial charge in [-0.05, 0) is 12.8 Å². The van der Waals surface area contributed by atoms with E-state index in [1.165, 1.54) is 0 Å². The standard InChI is InChI=1S/C7H10BrNO2/c8-3-6-4-9(5-1-2-5)7(10)11-6/h5-6H,1-4H2. The largest absolute Gasteiger partial charge is 0.443 e. The van der Waals surface area contributed by atoms with Gasteiger partial charge in [0.05, 0.1) is 6.54 Å². The predicted molar refractivity (Wildman–Crippen MR) is 43.8 cm³/mol. The summed E-state index contributed by atoms with van der Waals surface area (Å²) in [7, 11) is 0. The molecule has 0 radical (unpaired) electrons. The fourth-order valence-corrected chi connectivity index (χ4v) is 1.64. The van der Waals surface area contributed by atoms with Gasteiger partial charge in [0, 0.05) is 11.4 Å². The first kappa shape index (κ1) is 7.40. The number of alkyl halides is 1. The third kappa shape index (κ3) is 1.36. The lowest BCUT2D eigenvalue weighted by molar-refractivity contribution is 0.139. The van der Waals surface area contributed by atoms with Crippen molar-refractivity contribution in [2.75, 3.05) is 11.9 Å². The summed E-state index contributed by atoms with van der Waals surface area (Å²) in [5.74, 6) is 0. The van der Waals surface area contributed by atoms with Crippen molar-refractivity contribution >= 4 is 22.0 Å². The molecule has 1 aliphatic carbocycles. The van der Waals surface area contributed by atoms with E-state index >= 15 is 0 Å². The van der Waals surface area contributed by atoms with Crippen LogP contribution in [-0.4, -0.2) is 35.0 Å². The van der Waals surface area contributed by atoms with Crippen LogP contribution in [-0.2, 0) is 4.74 Å². The second kappa shape index (κ2) is 2.66. The van der Waals surface area contributed by atoms with E-state index in [-0.39, 0.29) is 12.2 Å². The van der Waals surface area contributed by atoms with Crippen molar-refractivity contribution in [3.63, 3.8) is 0 Å². The molecule has 0 N–H and O–H groups in total. The maximum absolute atomic E-state index is 11.1. The summed E-state index contributed by atoms with van der Waals surface area (Å²) in [6.45, 7) is 0.773. The second-order valence-electron chi connectivity index (χ2n) is 3.04. The molecule has 1 aliphatic heterocycles. The molecule has 1 atom stereocenters. The lowest BCUT2D eigenvalue weighted by atomic mass is 10.4. The SMILES string of the molecule is O=C1OC(CBr)CN1C1CC1. The number of carbonyl (C=O) groups excluding carboxylic acids is 1. The second-order valence-corrected chi connectivity index (χ2v) is 3.69. The van der Waals surface area contributed by atoms with Gasteiger partial charge in [0.1, 0.15) is 6.10 Å². The summed E-state index contributed by atoms with van der Waals surface area (Å²) in [5.41, 5.74) is 0. The summed E-state index contributed by atoms with van der Waals surface area (Å²) in [6, 6.07) is 0.492. The molecule has 0 bridgehead atoms. The van der Waals surface area contributed by atoms with Gasteiger partial charge in [0.15, 0.2) is 0 Å². The molecule has 0 aromatic heterocycles. The number of rotatable bonds is 2. The van der Waals surface area contributed by atoms with Gasteiger partial charge in [0.25, 0.3) is 0 Å². The molecule has 1 saturated heterocycles. The van der Waals surface area contributed by atoms with Crippen LogP contribution >= 0.6 is 15.9 Å². The van der Waals surface area contributed by atoms with E-state index in [1.54, 1.807) is 0 Å². The third-order valence-corrected chi connectivity index (χ3v) is 2.78. The lowest BCUT2D eigenvalue weighted by Gasteiger charge is -2.09. The molecule has 3 nitrogen and oxygen atoms in total. The van der Waals surface area contributed by atoms with Crippen LogP contribution in [0.2, 0.25) is 0 Å². The van der Waals surface area contributed by atoms with Gasteiger partial charge in [-0.25, -0.2) is 4.79 Å². The minimum atomic E-state index is -0.128. The van der Waals surface area contributed by atoms with E-state index < -0.39 is 0 Å². The fourth-order valence-electron chi connectivity index (χ4n) is 1.31. The molecule has 1 saturated carbocycles. The monoisotopic (exact) mass is 219 g/mol. The van der Waals surface area contributed by atoms with Crippen molar-refractivity contribution in [1.29, 1.82) is 0 Å². The molecule has 1 heterocycles. The highest BCUT2D eigenvalue weighted by Crippen LogP contribution is 2.30. The van der Waals surface area contributed by atoms with Crippen LogP contribution < -0.4 is 0 Å². The van der Waals surface area contributed by atoms with Crippen molar-refractivity contribution in [2.24, 2.45) is 0 Å².